The molecule has 20 heavy (non-hydrogen) atoms. The Morgan fingerprint density at radius 1 is 1.35 bits per heavy atom. The molecule has 0 saturated carbocycles. The summed E-state index contributed by atoms with van der Waals surface area (Å²) < 4.78 is 5.84. The van der Waals surface area contributed by atoms with Gasteiger partial charge in [-0.05, 0) is 44.0 Å². The molecule has 1 saturated heterocycles. The normalized spacial score (nSPS) is 17.5. The Morgan fingerprint density at radius 2 is 2.15 bits per heavy atom. The highest BCUT2D eigenvalue weighted by Crippen LogP contribution is 2.24. The molecule has 0 amide bonds. The van der Waals surface area contributed by atoms with E-state index in [-0.39, 0.29) is 0 Å². The van der Waals surface area contributed by atoms with Crippen molar-refractivity contribution in [1.82, 2.24) is 9.88 Å². The van der Waals surface area contributed by atoms with Gasteiger partial charge in [0.2, 0.25) is 5.89 Å². The molecule has 0 atom stereocenters. The summed E-state index contributed by atoms with van der Waals surface area (Å²) in [7, 11) is 0. The van der Waals surface area contributed by atoms with Gasteiger partial charge in [-0.25, -0.2) is 4.98 Å². The maximum absolute atomic E-state index is 6.00. The molecule has 3 rings (SSSR count). The van der Waals surface area contributed by atoms with E-state index in [0.29, 0.717) is 5.02 Å². The fourth-order valence-electron chi connectivity index (χ4n) is 2.57. The summed E-state index contributed by atoms with van der Waals surface area (Å²) in [6.07, 6.45) is 4.32. The van der Waals surface area contributed by atoms with E-state index in [2.05, 4.69) is 16.8 Å². The topological polar surface area (TPSA) is 29.3 Å². The number of halogens is 1. The number of benzene rings is 1. The van der Waals surface area contributed by atoms with E-state index in [0.717, 1.165) is 42.8 Å². The molecule has 2 heterocycles. The molecule has 0 spiro atoms. The monoisotopic (exact) mass is 290 g/mol. The van der Waals surface area contributed by atoms with E-state index < -0.39 is 0 Å². The van der Waals surface area contributed by atoms with Crippen molar-refractivity contribution in [3.8, 4) is 11.3 Å². The Kier molecular flexibility index (Phi) is 4.08. The van der Waals surface area contributed by atoms with Crippen LogP contribution in [0.3, 0.4) is 0 Å². The summed E-state index contributed by atoms with van der Waals surface area (Å²) >= 11 is 6.00. The largest absolute Gasteiger partial charge is 0.439 e. The second-order valence-electron chi connectivity index (χ2n) is 5.59. The van der Waals surface area contributed by atoms with Gasteiger partial charge in [0.15, 0.2) is 5.76 Å². The van der Waals surface area contributed by atoms with Crippen LogP contribution in [-0.2, 0) is 6.54 Å². The van der Waals surface area contributed by atoms with Crippen molar-refractivity contribution in [2.24, 2.45) is 5.92 Å². The van der Waals surface area contributed by atoms with E-state index in [1.54, 1.807) is 6.20 Å². The molecule has 1 aromatic heterocycles. The minimum atomic E-state index is 0.713. The SMILES string of the molecule is CC1CCN(Cc2ncc(-c3cccc(Cl)c3)o2)CC1. The number of rotatable bonds is 3. The van der Waals surface area contributed by atoms with Crippen LogP contribution in [0.5, 0.6) is 0 Å². The fourth-order valence-corrected chi connectivity index (χ4v) is 2.76. The van der Waals surface area contributed by atoms with Gasteiger partial charge < -0.3 is 4.42 Å². The van der Waals surface area contributed by atoms with Crippen molar-refractivity contribution >= 4 is 11.6 Å². The predicted octanol–water partition coefficient (Wildman–Crippen LogP) is 4.23. The van der Waals surface area contributed by atoms with Crippen molar-refractivity contribution in [3.05, 3.63) is 41.4 Å². The van der Waals surface area contributed by atoms with E-state index in [9.17, 15) is 0 Å². The molecule has 1 fully saturated rings. The first-order valence-electron chi connectivity index (χ1n) is 7.14. The average Bonchev–Trinajstić information content (AvgIpc) is 2.90. The molecule has 0 N–H and O–H groups in total. The first-order chi connectivity index (χ1) is 9.70. The Labute approximate surface area is 124 Å². The van der Waals surface area contributed by atoms with Gasteiger partial charge in [0.1, 0.15) is 0 Å². The van der Waals surface area contributed by atoms with E-state index in [1.165, 1.54) is 12.8 Å². The Hall–Kier alpha value is -1.32. The second kappa shape index (κ2) is 5.98. The molecule has 0 unspecified atom stereocenters. The van der Waals surface area contributed by atoms with Gasteiger partial charge in [-0.15, -0.1) is 0 Å². The molecule has 0 radical (unpaired) electrons. The maximum atomic E-state index is 6.00. The van der Waals surface area contributed by atoms with Crippen molar-refractivity contribution in [1.29, 1.82) is 0 Å². The third-order valence-corrected chi connectivity index (χ3v) is 4.13. The number of hydrogen-bond acceptors (Lipinski definition) is 3. The van der Waals surface area contributed by atoms with Crippen LogP contribution >= 0.6 is 11.6 Å². The number of likely N-dealkylation sites (tertiary alicyclic amines) is 1. The van der Waals surface area contributed by atoms with E-state index >= 15 is 0 Å². The third-order valence-electron chi connectivity index (χ3n) is 3.90. The zero-order valence-corrected chi connectivity index (χ0v) is 12.4. The van der Waals surface area contributed by atoms with Crippen molar-refractivity contribution in [2.75, 3.05) is 13.1 Å². The van der Waals surface area contributed by atoms with Crippen LogP contribution in [0.15, 0.2) is 34.9 Å². The zero-order valence-electron chi connectivity index (χ0n) is 11.7. The third kappa shape index (κ3) is 3.22. The highest BCUT2D eigenvalue weighted by molar-refractivity contribution is 6.30. The number of hydrogen-bond donors (Lipinski definition) is 0. The van der Waals surface area contributed by atoms with Gasteiger partial charge in [-0.3, -0.25) is 4.90 Å². The lowest BCUT2D eigenvalue weighted by Gasteiger charge is -2.28. The lowest BCUT2D eigenvalue weighted by atomic mass is 9.99. The molecule has 0 bridgehead atoms. The van der Waals surface area contributed by atoms with Gasteiger partial charge >= 0.3 is 0 Å². The fraction of sp³-hybridized carbons (Fsp3) is 0.438. The summed E-state index contributed by atoms with van der Waals surface area (Å²) in [6.45, 7) is 5.39. The quantitative estimate of drug-likeness (QED) is 0.847. The summed E-state index contributed by atoms with van der Waals surface area (Å²) in [5, 5.41) is 0.713. The van der Waals surface area contributed by atoms with Crippen LogP contribution in [-0.4, -0.2) is 23.0 Å². The summed E-state index contributed by atoms with van der Waals surface area (Å²) in [4.78, 5) is 6.79. The van der Waals surface area contributed by atoms with Gasteiger partial charge in [-0.1, -0.05) is 30.7 Å². The highest BCUT2D eigenvalue weighted by Gasteiger charge is 2.17. The Balaban J connectivity index is 1.68. The summed E-state index contributed by atoms with van der Waals surface area (Å²) in [5.74, 6) is 2.42. The van der Waals surface area contributed by atoms with Crippen LogP contribution in [0.4, 0.5) is 0 Å². The molecule has 1 aliphatic heterocycles. The number of oxazole rings is 1. The second-order valence-corrected chi connectivity index (χ2v) is 6.02. The lowest BCUT2D eigenvalue weighted by Crippen LogP contribution is -2.32. The van der Waals surface area contributed by atoms with Crippen molar-refractivity contribution < 1.29 is 4.42 Å². The van der Waals surface area contributed by atoms with Crippen LogP contribution in [0, 0.1) is 5.92 Å². The molecule has 2 aromatic rings. The van der Waals surface area contributed by atoms with Crippen LogP contribution < -0.4 is 0 Å². The lowest BCUT2D eigenvalue weighted by molar-refractivity contribution is 0.171. The Morgan fingerprint density at radius 3 is 2.90 bits per heavy atom. The predicted molar refractivity (Wildman–Crippen MR) is 80.6 cm³/mol. The summed E-state index contributed by atoms with van der Waals surface area (Å²) in [5.41, 5.74) is 0.975. The smallest absolute Gasteiger partial charge is 0.209 e. The van der Waals surface area contributed by atoms with Crippen LogP contribution in [0.2, 0.25) is 5.02 Å². The maximum Gasteiger partial charge on any atom is 0.209 e. The minimum Gasteiger partial charge on any atom is -0.439 e. The van der Waals surface area contributed by atoms with Gasteiger partial charge in [0, 0.05) is 10.6 Å². The van der Waals surface area contributed by atoms with Crippen molar-refractivity contribution in [2.45, 2.75) is 26.3 Å². The Bertz CT molecular complexity index is 573. The highest BCUT2D eigenvalue weighted by atomic mass is 35.5. The molecule has 1 aromatic carbocycles. The van der Waals surface area contributed by atoms with E-state index in [4.69, 9.17) is 16.0 Å². The number of aromatic nitrogens is 1. The van der Waals surface area contributed by atoms with E-state index in [1.807, 2.05) is 24.3 Å². The van der Waals surface area contributed by atoms with Gasteiger partial charge in [0.05, 0.1) is 12.7 Å². The molecule has 3 nitrogen and oxygen atoms in total. The van der Waals surface area contributed by atoms with Gasteiger partial charge in [0.25, 0.3) is 0 Å². The molecule has 106 valence electrons. The van der Waals surface area contributed by atoms with Crippen LogP contribution in [0.25, 0.3) is 11.3 Å². The first-order valence-corrected chi connectivity index (χ1v) is 7.51. The standard InChI is InChI=1S/C16H19ClN2O/c1-12-5-7-19(8-6-12)11-16-18-10-15(20-16)13-3-2-4-14(17)9-13/h2-4,9-10,12H,5-8,11H2,1H3. The molecule has 4 heteroatoms. The molecular weight excluding hydrogens is 272 g/mol. The summed E-state index contributed by atoms with van der Waals surface area (Å²) in [6, 6.07) is 7.66. The van der Waals surface area contributed by atoms with Crippen LogP contribution in [0.1, 0.15) is 25.7 Å². The average molecular weight is 291 g/mol. The van der Waals surface area contributed by atoms with Gasteiger partial charge in [-0.2, -0.15) is 0 Å². The number of piperidine rings is 1. The number of nitrogens with zero attached hydrogens (tertiary/aromatic N) is 2. The first kappa shape index (κ1) is 13.7. The van der Waals surface area contributed by atoms with Crippen molar-refractivity contribution in [3.63, 3.8) is 0 Å². The molecule has 1 aliphatic rings. The molecule has 0 aliphatic carbocycles. The molecular formula is C16H19ClN2O. The zero-order chi connectivity index (χ0) is 13.9. The minimum absolute atomic E-state index is 0.713.